The number of nitrogens with zero attached hydrogens (tertiary/aromatic N) is 2. The highest BCUT2D eigenvalue weighted by Crippen LogP contribution is 2.49. The minimum Gasteiger partial charge on any atom is -0.277 e. The van der Waals surface area contributed by atoms with Gasteiger partial charge in [0.15, 0.2) is 0 Å². The van der Waals surface area contributed by atoms with Gasteiger partial charge in [-0.3, -0.25) is 24.2 Å². The van der Waals surface area contributed by atoms with Crippen molar-refractivity contribution >= 4 is 40.9 Å². The first-order valence-corrected chi connectivity index (χ1v) is 13.1. The van der Waals surface area contributed by atoms with Crippen molar-refractivity contribution in [3.8, 4) is 0 Å². The second-order valence-electron chi connectivity index (χ2n) is 9.46. The fourth-order valence-corrected chi connectivity index (χ4v) is 6.77. The molecule has 3 atom stereocenters. The zero-order chi connectivity index (χ0) is 23.9. The molecule has 0 bridgehead atoms. The van der Waals surface area contributed by atoms with Gasteiger partial charge < -0.3 is 0 Å². The maximum Gasteiger partial charge on any atom is 0.255 e. The molecule has 1 aliphatic carbocycles. The molecule has 3 aliphatic rings. The Hall–Kier alpha value is -3.38. The highest BCUT2D eigenvalue weighted by molar-refractivity contribution is 7.99. The molecular weight excluding hydrogens is 456 g/mol. The van der Waals surface area contributed by atoms with Crippen molar-refractivity contribution in [3.63, 3.8) is 0 Å². The Balaban J connectivity index is 1.45. The number of fused-ring (bicyclic) bond motifs is 3. The molecule has 6 rings (SSSR count). The van der Waals surface area contributed by atoms with Gasteiger partial charge >= 0.3 is 0 Å². The van der Waals surface area contributed by atoms with Crippen molar-refractivity contribution < 1.29 is 14.4 Å². The molecule has 1 saturated carbocycles. The molecular formula is C29H26N2O3S. The smallest absolute Gasteiger partial charge is 0.255 e. The van der Waals surface area contributed by atoms with Gasteiger partial charge in [-0.15, -0.1) is 0 Å². The van der Waals surface area contributed by atoms with Crippen LogP contribution < -0.4 is 4.90 Å². The molecule has 3 amide bonds. The van der Waals surface area contributed by atoms with E-state index in [0.29, 0.717) is 6.42 Å². The summed E-state index contributed by atoms with van der Waals surface area (Å²) in [6.07, 6.45) is 3.66. The Bertz CT molecular complexity index is 1240. The molecule has 5 nitrogen and oxygen atoms in total. The van der Waals surface area contributed by atoms with E-state index in [4.69, 9.17) is 0 Å². The number of rotatable bonds is 4. The van der Waals surface area contributed by atoms with Crippen LogP contribution >= 0.6 is 11.8 Å². The second-order valence-corrected chi connectivity index (χ2v) is 10.5. The Morgan fingerprint density at radius 1 is 0.771 bits per heavy atom. The van der Waals surface area contributed by atoms with Crippen molar-refractivity contribution in [2.45, 2.75) is 47.9 Å². The van der Waals surface area contributed by atoms with Crippen LogP contribution in [0.4, 0.5) is 11.4 Å². The van der Waals surface area contributed by atoms with Crippen LogP contribution in [0, 0.1) is 11.8 Å². The maximum absolute atomic E-state index is 14.5. The van der Waals surface area contributed by atoms with Crippen molar-refractivity contribution in [3.05, 3.63) is 84.4 Å². The molecule has 2 heterocycles. The van der Waals surface area contributed by atoms with Gasteiger partial charge in [0.25, 0.3) is 5.91 Å². The summed E-state index contributed by atoms with van der Waals surface area (Å²) in [6.45, 7) is 0. The predicted molar refractivity (Wildman–Crippen MR) is 135 cm³/mol. The molecule has 0 N–H and O–H groups in total. The fraction of sp³-hybridized carbons (Fsp3) is 0.276. The van der Waals surface area contributed by atoms with Gasteiger partial charge in [-0.2, -0.15) is 0 Å². The van der Waals surface area contributed by atoms with E-state index in [-0.39, 0.29) is 29.6 Å². The Kier molecular flexibility index (Phi) is 5.69. The van der Waals surface area contributed by atoms with E-state index in [1.54, 1.807) is 16.7 Å². The largest absolute Gasteiger partial charge is 0.277 e. The molecule has 3 unspecified atom stereocenters. The number of carbonyl (C=O) groups is 3. The number of anilines is 2. The summed E-state index contributed by atoms with van der Waals surface area (Å²) < 4.78 is 0. The van der Waals surface area contributed by atoms with Crippen molar-refractivity contribution in [1.82, 2.24) is 4.90 Å². The predicted octanol–water partition coefficient (Wildman–Crippen LogP) is 5.60. The third-order valence-electron chi connectivity index (χ3n) is 7.40. The number of benzene rings is 3. The van der Waals surface area contributed by atoms with Crippen LogP contribution in [0.2, 0.25) is 0 Å². The number of hydrogen-bond donors (Lipinski definition) is 0. The van der Waals surface area contributed by atoms with Gasteiger partial charge in [0.1, 0.15) is 6.04 Å². The van der Waals surface area contributed by atoms with E-state index in [0.717, 1.165) is 52.4 Å². The summed E-state index contributed by atoms with van der Waals surface area (Å²) in [5, 5.41) is 0. The van der Waals surface area contributed by atoms with Gasteiger partial charge in [-0.05, 0) is 42.7 Å². The van der Waals surface area contributed by atoms with Gasteiger partial charge in [0.2, 0.25) is 11.8 Å². The fourth-order valence-electron chi connectivity index (χ4n) is 5.71. The zero-order valence-electron chi connectivity index (χ0n) is 19.3. The molecule has 3 aromatic rings. The molecule has 0 radical (unpaired) electrons. The second kappa shape index (κ2) is 9.00. The standard InChI is InChI=1S/C29H26N2O3S/c32-27-20-12-4-5-13-21(20)28(33)31(27)24(18-19-10-2-1-3-11-19)29(34)30-22-14-6-8-16-25(22)35-26-17-9-7-15-23(26)30/h1-3,6-11,14-17,20-21,24H,4-5,12-13,18H2. The van der Waals surface area contributed by atoms with Crippen LogP contribution in [0.5, 0.6) is 0 Å². The molecule has 0 aromatic heterocycles. The number of para-hydroxylation sites is 2. The van der Waals surface area contributed by atoms with Crippen LogP contribution in [0.15, 0.2) is 88.7 Å². The summed E-state index contributed by atoms with van der Waals surface area (Å²) in [7, 11) is 0. The monoisotopic (exact) mass is 482 g/mol. The minimum atomic E-state index is -0.896. The molecule has 2 aliphatic heterocycles. The van der Waals surface area contributed by atoms with E-state index in [1.165, 1.54) is 4.90 Å². The van der Waals surface area contributed by atoms with Gasteiger partial charge in [0, 0.05) is 16.2 Å². The van der Waals surface area contributed by atoms with Crippen molar-refractivity contribution in [2.24, 2.45) is 11.8 Å². The summed E-state index contributed by atoms with van der Waals surface area (Å²) >= 11 is 1.63. The Morgan fingerprint density at radius 2 is 1.29 bits per heavy atom. The third kappa shape index (κ3) is 3.76. The lowest BCUT2D eigenvalue weighted by Gasteiger charge is -2.36. The SMILES string of the molecule is O=C(C(Cc1ccccc1)N1C(=O)C2CCCCC2C1=O)N1c2ccccc2Sc2ccccc21. The lowest BCUT2D eigenvalue weighted by Crippen LogP contribution is -2.52. The molecule has 1 saturated heterocycles. The number of carbonyl (C=O) groups excluding carboxylic acids is 3. The van der Waals surface area contributed by atoms with E-state index in [9.17, 15) is 14.4 Å². The van der Waals surface area contributed by atoms with Crippen LogP contribution in [0.3, 0.4) is 0 Å². The first kappa shape index (κ1) is 22.1. The average molecular weight is 483 g/mol. The molecule has 3 aromatic carbocycles. The van der Waals surface area contributed by atoms with Crippen molar-refractivity contribution in [2.75, 3.05) is 4.90 Å². The quantitative estimate of drug-likeness (QED) is 0.454. The Morgan fingerprint density at radius 3 is 1.86 bits per heavy atom. The summed E-state index contributed by atoms with van der Waals surface area (Å²) in [5.41, 5.74) is 2.50. The van der Waals surface area contributed by atoms with E-state index >= 15 is 0 Å². The molecule has 2 fully saturated rings. The normalized spacial score (nSPS) is 21.8. The van der Waals surface area contributed by atoms with Gasteiger partial charge in [0.05, 0.1) is 23.2 Å². The van der Waals surface area contributed by atoms with Crippen LogP contribution in [0.25, 0.3) is 0 Å². The molecule has 35 heavy (non-hydrogen) atoms. The van der Waals surface area contributed by atoms with Crippen LogP contribution in [-0.2, 0) is 20.8 Å². The topological polar surface area (TPSA) is 57.7 Å². The lowest BCUT2D eigenvalue weighted by molar-refractivity contribution is -0.147. The van der Waals surface area contributed by atoms with Crippen LogP contribution in [0.1, 0.15) is 31.2 Å². The lowest BCUT2D eigenvalue weighted by atomic mass is 9.81. The third-order valence-corrected chi connectivity index (χ3v) is 8.53. The van der Waals surface area contributed by atoms with Gasteiger partial charge in [-0.1, -0.05) is 79.2 Å². The number of amides is 3. The van der Waals surface area contributed by atoms with Gasteiger partial charge in [-0.25, -0.2) is 0 Å². The highest BCUT2D eigenvalue weighted by atomic mass is 32.2. The minimum absolute atomic E-state index is 0.179. The first-order chi connectivity index (χ1) is 17.1. The number of likely N-dealkylation sites (tertiary alicyclic amines) is 1. The molecule has 0 spiro atoms. The van der Waals surface area contributed by atoms with Crippen molar-refractivity contribution in [1.29, 1.82) is 0 Å². The van der Waals surface area contributed by atoms with E-state index in [2.05, 4.69) is 0 Å². The van der Waals surface area contributed by atoms with E-state index < -0.39 is 6.04 Å². The first-order valence-electron chi connectivity index (χ1n) is 12.2. The highest BCUT2D eigenvalue weighted by Gasteiger charge is 2.52. The summed E-state index contributed by atoms with van der Waals surface area (Å²) in [4.78, 5) is 46.7. The number of imide groups is 1. The molecule has 6 heteroatoms. The number of hydrogen-bond acceptors (Lipinski definition) is 4. The zero-order valence-corrected chi connectivity index (χ0v) is 20.1. The van der Waals surface area contributed by atoms with E-state index in [1.807, 2.05) is 78.9 Å². The summed E-state index contributed by atoms with van der Waals surface area (Å²) in [5.74, 6) is -1.18. The van der Waals surface area contributed by atoms with Crippen LogP contribution in [-0.4, -0.2) is 28.7 Å². The maximum atomic E-state index is 14.5. The Labute approximate surface area is 209 Å². The summed E-state index contributed by atoms with van der Waals surface area (Å²) in [6, 6.07) is 24.4. The molecule has 176 valence electrons. The average Bonchev–Trinajstić information content (AvgIpc) is 3.15.